The Balaban J connectivity index is 1.42. The Morgan fingerprint density at radius 1 is 0.933 bits per heavy atom. The van der Waals surface area contributed by atoms with Gasteiger partial charge in [0, 0.05) is 44.6 Å². The van der Waals surface area contributed by atoms with Crippen LogP contribution in [0.3, 0.4) is 0 Å². The van der Waals surface area contributed by atoms with Gasteiger partial charge in [0.15, 0.2) is 5.96 Å². The van der Waals surface area contributed by atoms with Crippen molar-refractivity contribution in [3.8, 4) is 0 Å². The number of nitrogens with zero attached hydrogens (tertiary/aromatic N) is 2. The second-order valence-electron chi connectivity index (χ2n) is 11.9. The highest BCUT2D eigenvalue weighted by Gasteiger charge is 2.35. The second-order valence-corrected chi connectivity index (χ2v) is 11.9. The van der Waals surface area contributed by atoms with Gasteiger partial charge in [0.05, 0.1) is 6.04 Å². The molecule has 0 aromatic heterocycles. The molecular weight excluding hydrogens is 560 g/mol. The summed E-state index contributed by atoms with van der Waals surface area (Å²) in [4.78, 5) is 32.9. The molecule has 8 nitrogen and oxygen atoms in total. The largest absolute Gasteiger partial charge is 0.370 e. The summed E-state index contributed by atoms with van der Waals surface area (Å²) in [6.07, 6.45) is 2.57. The number of aliphatic imine (C=N–C) groups is 1. The molecule has 0 saturated carbocycles. The van der Waals surface area contributed by atoms with Crippen LogP contribution in [-0.4, -0.2) is 60.4 Å². The van der Waals surface area contributed by atoms with E-state index >= 15 is 0 Å². The number of benzene rings is 4. The summed E-state index contributed by atoms with van der Waals surface area (Å²) in [6, 6.07) is 34.7. The summed E-state index contributed by atoms with van der Waals surface area (Å²) < 4.78 is 0. The molecule has 6 N–H and O–H groups in total. The molecule has 1 saturated heterocycles. The van der Waals surface area contributed by atoms with E-state index in [0.29, 0.717) is 45.3 Å². The third-order valence-corrected chi connectivity index (χ3v) is 8.63. The van der Waals surface area contributed by atoms with E-state index in [1.165, 1.54) is 16.5 Å². The number of fused-ring (bicyclic) bond motifs is 1. The molecule has 1 aliphatic rings. The first-order valence-electron chi connectivity index (χ1n) is 15.8. The van der Waals surface area contributed by atoms with E-state index in [2.05, 4.69) is 70.2 Å². The summed E-state index contributed by atoms with van der Waals surface area (Å²) in [6.45, 7) is 3.13. The monoisotopic (exact) mass is 604 g/mol. The van der Waals surface area contributed by atoms with Crippen LogP contribution in [-0.2, 0) is 16.0 Å². The number of carbonyl (C=O) groups is 2. The number of nitrogens with one attached hydrogen (secondary N) is 2. The third-order valence-electron chi connectivity index (χ3n) is 8.63. The van der Waals surface area contributed by atoms with Crippen molar-refractivity contribution in [2.75, 3.05) is 19.6 Å². The molecule has 1 heterocycles. The minimum Gasteiger partial charge on any atom is -0.370 e. The number of amides is 2. The first-order chi connectivity index (χ1) is 21.9. The Labute approximate surface area is 265 Å². The molecule has 4 aromatic carbocycles. The fraction of sp³-hybridized carbons (Fsp3) is 0.324. The number of hydrogen-bond acceptors (Lipinski definition) is 4. The van der Waals surface area contributed by atoms with Crippen molar-refractivity contribution < 1.29 is 9.59 Å². The lowest BCUT2D eigenvalue weighted by Crippen LogP contribution is -2.54. The van der Waals surface area contributed by atoms with E-state index in [9.17, 15) is 9.59 Å². The smallest absolute Gasteiger partial charge is 0.239 e. The molecule has 0 aliphatic carbocycles. The topological polar surface area (TPSA) is 126 Å². The average Bonchev–Trinajstić information content (AvgIpc) is 3.20. The van der Waals surface area contributed by atoms with Crippen molar-refractivity contribution in [1.29, 1.82) is 0 Å². The van der Waals surface area contributed by atoms with E-state index in [1.807, 2.05) is 53.4 Å². The van der Waals surface area contributed by atoms with Crippen molar-refractivity contribution in [2.24, 2.45) is 16.5 Å². The number of rotatable bonds is 12. The Hall–Kier alpha value is -4.69. The minimum absolute atomic E-state index is 0.0268. The number of hydrogen-bond donors (Lipinski definition) is 4. The zero-order valence-corrected chi connectivity index (χ0v) is 25.9. The van der Waals surface area contributed by atoms with Gasteiger partial charge in [-0.3, -0.25) is 14.6 Å². The average molecular weight is 605 g/mol. The number of nitrogens with two attached hydrogens (primary N) is 2. The van der Waals surface area contributed by atoms with E-state index < -0.39 is 6.04 Å². The molecule has 234 valence electrons. The van der Waals surface area contributed by atoms with Gasteiger partial charge in [0.2, 0.25) is 11.8 Å². The SMILES string of the molecule is CC(=O)NC(Cc1ccc2ccccc2c1)[C@@H]1CCN(CC(c2ccccc2)c2ccccc2)C(=O)[C@H](CCCN=C(N)N)N1. The Kier molecular flexibility index (Phi) is 10.8. The minimum atomic E-state index is -0.438. The summed E-state index contributed by atoms with van der Waals surface area (Å²) in [5.74, 6) is 0.0437. The molecule has 1 unspecified atom stereocenters. The van der Waals surface area contributed by atoms with Crippen LogP contribution in [0.5, 0.6) is 0 Å². The van der Waals surface area contributed by atoms with Crippen LogP contribution >= 0.6 is 0 Å². The molecule has 0 bridgehead atoms. The second kappa shape index (κ2) is 15.3. The van der Waals surface area contributed by atoms with Gasteiger partial charge in [0.1, 0.15) is 0 Å². The van der Waals surface area contributed by atoms with Crippen molar-refractivity contribution in [1.82, 2.24) is 15.5 Å². The van der Waals surface area contributed by atoms with Gasteiger partial charge in [-0.2, -0.15) is 0 Å². The van der Waals surface area contributed by atoms with Crippen molar-refractivity contribution in [3.05, 3.63) is 120 Å². The lowest BCUT2D eigenvalue weighted by molar-refractivity contribution is -0.133. The molecule has 0 radical (unpaired) electrons. The summed E-state index contributed by atoms with van der Waals surface area (Å²) in [7, 11) is 0. The Morgan fingerprint density at radius 2 is 1.58 bits per heavy atom. The van der Waals surface area contributed by atoms with E-state index in [1.54, 1.807) is 6.92 Å². The van der Waals surface area contributed by atoms with Crippen LogP contribution in [0.25, 0.3) is 10.8 Å². The summed E-state index contributed by atoms with van der Waals surface area (Å²) >= 11 is 0. The van der Waals surface area contributed by atoms with Gasteiger partial charge >= 0.3 is 0 Å². The van der Waals surface area contributed by atoms with Crippen LogP contribution in [0.2, 0.25) is 0 Å². The zero-order chi connectivity index (χ0) is 31.6. The van der Waals surface area contributed by atoms with Crippen molar-refractivity contribution in [3.63, 3.8) is 0 Å². The van der Waals surface area contributed by atoms with Crippen molar-refractivity contribution in [2.45, 2.75) is 56.7 Å². The van der Waals surface area contributed by atoms with Gasteiger partial charge in [-0.1, -0.05) is 103 Å². The molecule has 45 heavy (non-hydrogen) atoms. The van der Waals surface area contributed by atoms with E-state index in [-0.39, 0.29) is 35.8 Å². The van der Waals surface area contributed by atoms with Crippen LogP contribution in [0.4, 0.5) is 0 Å². The first kappa shape index (κ1) is 31.7. The highest BCUT2D eigenvalue weighted by molar-refractivity contribution is 5.83. The highest BCUT2D eigenvalue weighted by atomic mass is 16.2. The van der Waals surface area contributed by atoms with Gasteiger partial charge in [-0.25, -0.2) is 0 Å². The Bertz CT molecular complexity index is 1550. The molecule has 5 rings (SSSR count). The summed E-state index contributed by atoms with van der Waals surface area (Å²) in [5, 5.41) is 9.24. The lowest BCUT2D eigenvalue weighted by atomic mass is 9.90. The van der Waals surface area contributed by atoms with Crippen LogP contribution in [0, 0.1) is 0 Å². The maximum absolute atomic E-state index is 14.3. The van der Waals surface area contributed by atoms with Crippen LogP contribution < -0.4 is 22.1 Å². The van der Waals surface area contributed by atoms with Crippen molar-refractivity contribution >= 4 is 28.5 Å². The predicted molar refractivity (Wildman–Crippen MR) is 182 cm³/mol. The zero-order valence-electron chi connectivity index (χ0n) is 25.9. The van der Waals surface area contributed by atoms with Crippen LogP contribution in [0.1, 0.15) is 48.8 Å². The van der Waals surface area contributed by atoms with E-state index in [0.717, 1.165) is 10.9 Å². The maximum Gasteiger partial charge on any atom is 0.239 e. The van der Waals surface area contributed by atoms with Gasteiger partial charge in [0.25, 0.3) is 0 Å². The predicted octanol–water partition coefficient (Wildman–Crippen LogP) is 4.33. The third kappa shape index (κ3) is 8.70. The molecule has 4 aromatic rings. The Morgan fingerprint density at radius 3 is 2.22 bits per heavy atom. The normalized spacial score (nSPS) is 17.6. The first-order valence-corrected chi connectivity index (χ1v) is 15.8. The molecule has 8 heteroatoms. The molecule has 2 amide bonds. The number of guanidine groups is 1. The lowest BCUT2D eigenvalue weighted by Gasteiger charge is -2.30. The molecular formula is C37H44N6O2. The van der Waals surface area contributed by atoms with Gasteiger partial charge in [-0.15, -0.1) is 0 Å². The fourth-order valence-electron chi connectivity index (χ4n) is 6.42. The maximum atomic E-state index is 14.3. The van der Waals surface area contributed by atoms with Crippen LogP contribution in [0.15, 0.2) is 108 Å². The molecule has 3 atom stereocenters. The molecule has 1 aliphatic heterocycles. The summed E-state index contributed by atoms with van der Waals surface area (Å²) in [5.41, 5.74) is 14.6. The van der Waals surface area contributed by atoms with Gasteiger partial charge in [-0.05, 0) is 53.1 Å². The fourth-order valence-corrected chi connectivity index (χ4v) is 6.42. The van der Waals surface area contributed by atoms with E-state index in [4.69, 9.17) is 11.5 Å². The molecule has 1 fully saturated rings. The highest BCUT2D eigenvalue weighted by Crippen LogP contribution is 2.28. The standard InChI is InChI=1S/C37H44N6O2/c1-26(44)41-35(24-27-18-19-28-11-8-9-16-31(28)23-27)33-20-22-43(36(45)34(42-33)17-10-21-40-37(38)39)25-32(29-12-4-2-5-13-29)30-14-6-3-7-15-30/h2-9,11-16,18-19,23,32-35,42H,10,17,20-22,24-25H2,1H3,(H,41,44)(H4,38,39,40)/t33-,34-,35?/m0/s1. The number of carbonyl (C=O) groups excluding carboxylic acids is 2. The quantitative estimate of drug-likeness (QED) is 0.109. The molecule has 0 spiro atoms. The van der Waals surface area contributed by atoms with Gasteiger partial charge < -0.3 is 27.0 Å².